The van der Waals surface area contributed by atoms with E-state index in [0.717, 1.165) is 29.8 Å². The van der Waals surface area contributed by atoms with Gasteiger partial charge in [-0.05, 0) is 35.9 Å². The average Bonchev–Trinajstić information content (AvgIpc) is 2.66. The fourth-order valence-electron chi connectivity index (χ4n) is 2.17. The summed E-state index contributed by atoms with van der Waals surface area (Å²) in [5.41, 5.74) is 4.01. The molecule has 0 amide bonds. The van der Waals surface area contributed by atoms with Crippen LogP contribution in [0, 0.1) is 0 Å². The van der Waals surface area contributed by atoms with E-state index in [0.29, 0.717) is 18.7 Å². The van der Waals surface area contributed by atoms with Gasteiger partial charge < -0.3 is 15.0 Å². The summed E-state index contributed by atoms with van der Waals surface area (Å²) in [6, 6.07) is 15.9. The van der Waals surface area contributed by atoms with Gasteiger partial charge in [0, 0.05) is 44.2 Å². The van der Waals surface area contributed by atoms with Gasteiger partial charge in [-0.25, -0.2) is 0 Å². The van der Waals surface area contributed by atoms with Gasteiger partial charge in [-0.15, -0.1) is 0 Å². The summed E-state index contributed by atoms with van der Waals surface area (Å²) < 4.78 is 5.09. The van der Waals surface area contributed by atoms with Gasteiger partial charge in [0.2, 0.25) is 0 Å². The van der Waals surface area contributed by atoms with Crippen LogP contribution in [-0.4, -0.2) is 33.6 Å². The van der Waals surface area contributed by atoms with Crippen LogP contribution >= 0.6 is 0 Å². The van der Waals surface area contributed by atoms with E-state index in [9.17, 15) is 4.79 Å². The summed E-state index contributed by atoms with van der Waals surface area (Å²) in [4.78, 5) is 12.9. The Morgan fingerprint density at radius 1 is 1.12 bits per heavy atom. The number of hydrogen-bond acceptors (Lipinski definition) is 4. The van der Waals surface area contributed by atoms with Crippen molar-refractivity contribution in [2.24, 2.45) is 0 Å². The monoisotopic (exact) mass is 328 g/mol. The molecule has 0 aromatic heterocycles. The normalized spacial score (nSPS) is 9.67. The highest BCUT2D eigenvalue weighted by atomic mass is 16.5. The number of aldehydes is 1. The minimum absolute atomic E-state index is 0.695. The molecule has 0 spiro atoms. The number of methoxy groups -OCH3 is 1. The zero-order valence-corrected chi connectivity index (χ0v) is 15.1. The predicted octanol–water partition coefficient (Wildman–Crippen LogP) is 4.22. The number of carbonyl (C=O) groups is 1. The third kappa shape index (κ3) is 6.42. The summed E-state index contributed by atoms with van der Waals surface area (Å²) in [6.45, 7) is 6.27. The van der Waals surface area contributed by atoms with Crippen molar-refractivity contribution in [1.29, 1.82) is 0 Å². The number of nitrogens with one attached hydrogen (secondary N) is 1. The van der Waals surface area contributed by atoms with Gasteiger partial charge in [-0.1, -0.05) is 32.0 Å². The fraction of sp³-hybridized carbons (Fsp3) is 0.350. The second kappa shape index (κ2) is 11.2. The van der Waals surface area contributed by atoms with Gasteiger partial charge in [0.15, 0.2) is 0 Å². The maximum absolute atomic E-state index is 10.8. The molecule has 0 bridgehead atoms. The molecule has 2 rings (SSSR count). The molecule has 0 atom stereocenters. The molecule has 0 saturated heterocycles. The molecule has 0 aliphatic heterocycles. The molecular formula is C20H28N2O2. The van der Waals surface area contributed by atoms with Crippen LogP contribution in [0.15, 0.2) is 48.5 Å². The van der Waals surface area contributed by atoms with Crippen molar-refractivity contribution >= 4 is 17.7 Å². The van der Waals surface area contributed by atoms with Crippen LogP contribution in [0.4, 0.5) is 11.4 Å². The first-order valence-electron chi connectivity index (χ1n) is 8.31. The number of anilines is 2. The quantitative estimate of drug-likeness (QED) is 0.737. The highest BCUT2D eigenvalue weighted by Crippen LogP contribution is 2.17. The van der Waals surface area contributed by atoms with Gasteiger partial charge in [-0.2, -0.15) is 0 Å². The second-order valence-corrected chi connectivity index (χ2v) is 5.18. The van der Waals surface area contributed by atoms with E-state index in [-0.39, 0.29) is 0 Å². The molecule has 2 aromatic rings. The van der Waals surface area contributed by atoms with Crippen LogP contribution in [0.5, 0.6) is 0 Å². The van der Waals surface area contributed by atoms with Crippen LogP contribution in [0.1, 0.15) is 29.8 Å². The Balaban J connectivity index is 0.00000139. The first-order chi connectivity index (χ1) is 11.7. The predicted molar refractivity (Wildman–Crippen MR) is 102 cm³/mol. The third-order valence-corrected chi connectivity index (χ3v) is 3.52. The lowest BCUT2D eigenvalue weighted by Gasteiger charge is -2.19. The fourth-order valence-corrected chi connectivity index (χ4v) is 2.17. The van der Waals surface area contributed by atoms with E-state index in [1.165, 1.54) is 0 Å². The Bertz CT molecular complexity index is 597. The topological polar surface area (TPSA) is 41.6 Å². The van der Waals surface area contributed by atoms with Crippen molar-refractivity contribution < 1.29 is 9.53 Å². The molecule has 2 aromatic carbocycles. The maximum Gasteiger partial charge on any atom is 0.150 e. The largest absolute Gasteiger partial charge is 0.383 e. The first-order valence-corrected chi connectivity index (χ1v) is 8.31. The number of benzene rings is 2. The molecule has 0 saturated carbocycles. The smallest absolute Gasteiger partial charge is 0.150 e. The van der Waals surface area contributed by atoms with E-state index in [1.807, 2.05) is 39.1 Å². The number of carbonyl (C=O) groups excluding carboxylic acids is 1. The Kier molecular flexibility index (Phi) is 9.24. The van der Waals surface area contributed by atoms with Crippen LogP contribution in [0.3, 0.4) is 0 Å². The van der Waals surface area contributed by atoms with Gasteiger partial charge >= 0.3 is 0 Å². The van der Waals surface area contributed by atoms with E-state index >= 15 is 0 Å². The molecule has 1 N–H and O–H groups in total. The molecule has 24 heavy (non-hydrogen) atoms. The number of likely N-dealkylation sites (N-methyl/N-ethyl adjacent to an activating group) is 1. The van der Waals surface area contributed by atoms with Crippen LogP contribution < -0.4 is 10.2 Å². The van der Waals surface area contributed by atoms with Gasteiger partial charge in [0.25, 0.3) is 0 Å². The van der Waals surface area contributed by atoms with E-state index < -0.39 is 0 Å². The minimum Gasteiger partial charge on any atom is -0.383 e. The average molecular weight is 328 g/mol. The van der Waals surface area contributed by atoms with E-state index in [2.05, 4.69) is 34.5 Å². The van der Waals surface area contributed by atoms with Gasteiger partial charge in [0.1, 0.15) is 6.29 Å². The molecule has 0 aliphatic rings. The third-order valence-electron chi connectivity index (χ3n) is 3.52. The molecule has 4 heteroatoms. The number of rotatable bonds is 8. The molecule has 0 fully saturated rings. The van der Waals surface area contributed by atoms with E-state index in [4.69, 9.17) is 4.74 Å². The Morgan fingerprint density at radius 3 is 2.46 bits per heavy atom. The van der Waals surface area contributed by atoms with Crippen LogP contribution in [0.2, 0.25) is 0 Å². The molecule has 0 heterocycles. The highest BCUT2D eigenvalue weighted by molar-refractivity contribution is 5.75. The standard InChI is InChI=1S/C18H22N2O2.C2H6/c1-20(10-11-22-2)18-8-6-17(7-9-18)19-13-15-4-3-5-16(12-15)14-21;1-2/h3-9,12,14,19H,10-11,13H2,1-2H3;1-2H3. The van der Waals surface area contributed by atoms with Crippen molar-refractivity contribution in [1.82, 2.24) is 0 Å². The zero-order valence-electron chi connectivity index (χ0n) is 15.1. The summed E-state index contributed by atoms with van der Waals surface area (Å²) in [5.74, 6) is 0. The lowest BCUT2D eigenvalue weighted by molar-refractivity contribution is 0.112. The Hall–Kier alpha value is -2.33. The SMILES string of the molecule is CC.COCCN(C)c1ccc(NCc2cccc(C=O)c2)cc1. The number of hydrogen-bond donors (Lipinski definition) is 1. The number of nitrogens with zero attached hydrogens (tertiary/aromatic N) is 1. The summed E-state index contributed by atoms with van der Waals surface area (Å²) in [6.07, 6.45) is 0.869. The Labute approximate surface area is 145 Å². The van der Waals surface area contributed by atoms with Crippen molar-refractivity contribution in [3.05, 3.63) is 59.7 Å². The summed E-state index contributed by atoms with van der Waals surface area (Å²) in [7, 11) is 3.76. The van der Waals surface area contributed by atoms with E-state index in [1.54, 1.807) is 13.2 Å². The Morgan fingerprint density at radius 2 is 1.83 bits per heavy atom. The van der Waals surface area contributed by atoms with Crippen LogP contribution in [-0.2, 0) is 11.3 Å². The van der Waals surface area contributed by atoms with Gasteiger partial charge in [-0.3, -0.25) is 4.79 Å². The molecule has 0 unspecified atom stereocenters. The van der Waals surface area contributed by atoms with Crippen molar-refractivity contribution in [3.8, 4) is 0 Å². The number of ether oxygens (including phenoxy) is 1. The maximum atomic E-state index is 10.8. The molecular weight excluding hydrogens is 300 g/mol. The summed E-state index contributed by atoms with van der Waals surface area (Å²) >= 11 is 0. The lowest BCUT2D eigenvalue weighted by Crippen LogP contribution is -2.21. The zero-order chi connectivity index (χ0) is 17.8. The summed E-state index contributed by atoms with van der Waals surface area (Å²) in [5, 5.41) is 3.36. The molecule has 130 valence electrons. The second-order valence-electron chi connectivity index (χ2n) is 5.18. The molecule has 0 aliphatic carbocycles. The van der Waals surface area contributed by atoms with Crippen molar-refractivity contribution in [2.45, 2.75) is 20.4 Å². The first kappa shape index (κ1) is 19.7. The minimum atomic E-state index is 0.695. The van der Waals surface area contributed by atoms with Gasteiger partial charge in [0.05, 0.1) is 6.61 Å². The molecule has 4 nitrogen and oxygen atoms in total. The molecule has 0 radical (unpaired) electrons. The highest BCUT2D eigenvalue weighted by Gasteiger charge is 2.01. The lowest BCUT2D eigenvalue weighted by atomic mass is 10.1. The van der Waals surface area contributed by atoms with Crippen LogP contribution in [0.25, 0.3) is 0 Å². The van der Waals surface area contributed by atoms with Crippen molar-refractivity contribution in [3.63, 3.8) is 0 Å². The van der Waals surface area contributed by atoms with Crippen molar-refractivity contribution in [2.75, 3.05) is 37.5 Å².